The van der Waals surface area contributed by atoms with Crippen molar-refractivity contribution in [3.05, 3.63) is 58.6 Å². The zero-order chi connectivity index (χ0) is 23.6. The number of para-hydroxylation sites is 1. The second kappa shape index (κ2) is 9.25. The van der Waals surface area contributed by atoms with Gasteiger partial charge in [-0.05, 0) is 37.3 Å². The highest BCUT2D eigenvalue weighted by Gasteiger charge is 2.34. The van der Waals surface area contributed by atoms with Crippen molar-refractivity contribution in [1.29, 1.82) is 0 Å². The van der Waals surface area contributed by atoms with Crippen LogP contribution in [0.25, 0.3) is 0 Å². The molecule has 1 amide bonds. The number of hydrogen-bond donors (Lipinski definition) is 1. The molecule has 1 N–H and O–H groups in total. The van der Waals surface area contributed by atoms with Gasteiger partial charge in [-0.25, -0.2) is 17.5 Å². The number of rotatable bonds is 6. The third-order valence-electron chi connectivity index (χ3n) is 4.07. The fraction of sp³-hybridized carbons (Fsp3) is 0.263. The van der Waals surface area contributed by atoms with E-state index >= 15 is 0 Å². The van der Waals surface area contributed by atoms with Gasteiger partial charge in [-0.3, -0.25) is 4.79 Å². The number of anilines is 1. The molecule has 2 rings (SSSR count). The molecule has 31 heavy (non-hydrogen) atoms. The number of amides is 1. The van der Waals surface area contributed by atoms with Crippen molar-refractivity contribution in [2.24, 2.45) is 0 Å². The zero-order valence-electron chi connectivity index (χ0n) is 16.5. The zero-order valence-corrected chi connectivity index (χ0v) is 18.1. The highest BCUT2D eigenvalue weighted by atomic mass is 35.5. The fourth-order valence-corrected chi connectivity index (χ4v) is 3.77. The molecule has 0 saturated heterocycles. The Labute approximate surface area is 181 Å². The van der Waals surface area contributed by atoms with Crippen LogP contribution in [0.1, 0.15) is 22.8 Å². The standard InChI is InChI=1S/C19H18ClF3N2O5S/c1-11(17(26)24-15-7-5-4-6-13(15)19(21,22)23)30-18(27)12-8-9-14(20)16(10-12)31(28,29)25(2)3/h4-11H,1-3H3,(H,24,26). The lowest BCUT2D eigenvalue weighted by Crippen LogP contribution is -2.31. The van der Waals surface area contributed by atoms with Gasteiger partial charge < -0.3 is 10.1 Å². The SMILES string of the molecule is CC(OC(=O)c1ccc(Cl)c(S(=O)(=O)N(C)C)c1)C(=O)Nc1ccccc1C(F)(F)F. The maximum absolute atomic E-state index is 13.1. The molecule has 0 saturated carbocycles. The van der Waals surface area contributed by atoms with Crippen LogP contribution in [0.5, 0.6) is 0 Å². The van der Waals surface area contributed by atoms with Crippen LogP contribution in [-0.4, -0.2) is 44.8 Å². The van der Waals surface area contributed by atoms with E-state index in [1.807, 2.05) is 0 Å². The second-order valence-corrected chi connectivity index (χ2v) is 9.04. The molecule has 1 unspecified atom stereocenters. The number of carbonyl (C=O) groups excluding carboxylic acids is 2. The van der Waals surface area contributed by atoms with Gasteiger partial charge in [0, 0.05) is 14.1 Å². The van der Waals surface area contributed by atoms with Crippen LogP contribution < -0.4 is 5.32 Å². The van der Waals surface area contributed by atoms with Crippen molar-refractivity contribution in [2.45, 2.75) is 24.1 Å². The van der Waals surface area contributed by atoms with Gasteiger partial charge in [0.05, 0.1) is 21.8 Å². The Morgan fingerprint density at radius 2 is 1.74 bits per heavy atom. The van der Waals surface area contributed by atoms with Crippen molar-refractivity contribution in [3.8, 4) is 0 Å². The van der Waals surface area contributed by atoms with Gasteiger partial charge in [-0.1, -0.05) is 23.7 Å². The molecule has 12 heteroatoms. The highest BCUT2D eigenvalue weighted by molar-refractivity contribution is 7.89. The quantitative estimate of drug-likeness (QED) is 0.638. The first-order valence-electron chi connectivity index (χ1n) is 8.65. The van der Waals surface area contributed by atoms with Gasteiger partial charge >= 0.3 is 12.1 Å². The maximum atomic E-state index is 13.1. The topological polar surface area (TPSA) is 92.8 Å². The van der Waals surface area contributed by atoms with Gasteiger partial charge in [0.15, 0.2) is 6.10 Å². The van der Waals surface area contributed by atoms with Gasteiger partial charge in [-0.15, -0.1) is 0 Å². The van der Waals surface area contributed by atoms with E-state index in [9.17, 15) is 31.2 Å². The summed E-state index contributed by atoms with van der Waals surface area (Å²) in [5.74, 6) is -2.06. The molecule has 2 aromatic carbocycles. The lowest BCUT2D eigenvalue weighted by Gasteiger charge is -2.17. The molecule has 0 aliphatic carbocycles. The molecule has 0 fully saturated rings. The minimum absolute atomic E-state index is 0.125. The number of carbonyl (C=O) groups is 2. The summed E-state index contributed by atoms with van der Waals surface area (Å²) in [5, 5.41) is 1.95. The van der Waals surface area contributed by atoms with E-state index in [0.29, 0.717) is 0 Å². The van der Waals surface area contributed by atoms with Crippen LogP contribution in [-0.2, 0) is 25.7 Å². The van der Waals surface area contributed by atoms with Crippen LogP contribution in [0, 0.1) is 0 Å². The van der Waals surface area contributed by atoms with E-state index in [1.165, 1.54) is 38.4 Å². The Hall–Kier alpha value is -2.63. The molecule has 2 aromatic rings. The van der Waals surface area contributed by atoms with Crippen molar-refractivity contribution in [2.75, 3.05) is 19.4 Å². The minimum Gasteiger partial charge on any atom is -0.449 e. The number of sulfonamides is 1. The summed E-state index contributed by atoms with van der Waals surface area (Å²) in [6.45, 7) is 1.16. The van der Waals surface area contributed by atoms with E-state index in [1.54, 1.807) is 0 Å². The average molecular weight is 479 g/mol. The molecule has 0 aliphatic rings. The molecule has 168 valence electrons. The first-order chi connectivity index (χ1) is 14.2. The first-order valence-corrected chi connectivity index (χ1v) is 10.5. The van der Waals surface area contributed by atoms with Gasteiger partial charge in [0.1, 0.15) is 4.90 Å². The van der Waals surface area contributed by atoms with Crippen molar-refractivity contribution >= 4 is 39.2 Å². The summed E-state index contributed by atoms with van der Waals surface area (Å²) in [7, 11) is -1.40. The predicted molar refractivity (Wildman–Crippen MR) is 107 cm³/mol. The van der Waals surface area contributed by atoms with Gasteiger partial charge in [-0.2, -0.15) is 13.2 Å². The summed E-state index contributed by atoms with van der Waals surface area (Å²) in [5.41, 5.74) is -1.76. The number of alkyl halides is 3. The van der Waals surface area contributed by atoms with E-state index in [0.717, 1.165) is 29.4 Å². The molecule has 0 aromatic heterocycles. The Morgan fingerprint density at radius 1 is 1.13 bits per heavy atom. The monoisotopic (exact) mass is 478 g/mol. The van der Waals surface area contributed by atoms with Gasteiger partial charge in [0.2, 0.25) is 10.0 Å². The van der Waals surface area contributed by atoms with Crippen LogP contribution >= 0.6 is 11.6 Å². The van der Waals surface area contributed by atoms with Crippen molar-refractivity contribution < 1.29 is 35.9 Å². The number of esters is 1. The van der Waals surface area contributed by atoms with E-state index in [-0.39, 0.29) is 15.5 Å². The van der Waals surface area contributed by atoms with Crippen molar-refractivity contribution in [1.82, 2.24) is 4.31 Å². The smallest absolute Gasteiger partial charge is 0.418 e. The fourth-order valence-electron chi connectivity index (χ4n) is 2.38. The number of nitrogens with one attached hydrogen (secondary N) is 1. The Morgan fingerprint density at radius 3 is 2.32 bits per heavy atom. The van der Waals surface area contributed by atoms with Crippen LogP contribution in [0.3, 0.4) is 0 Å². The number of halogens is 4. The van der Waals surface area contributed by atoms with Gasteiger partial charge in [0.25, 0.3) is 5.91 Å². The number of hydrogen-bond acceptors (Lipinski definition) is 5. The highest BCUT2D eigenvalue weighted by Crippen LogP contribution is 2.34. The van der Waals surface area contributed by atoms with Crippen LogP contribution in [0.15, 0.2) is 47.4 Å². The molecule has 0 aliphatic heterocycles. The first kappa shape index (κ1) is 24.6. The summed E-state index contributed by atoms with van der Waals surface area (Å²) < 4.78 is 69.7. The number of ether oxygens (including phenoxy) is 1. The molecule has 0 spiro atoms. The van der Waals surface area contributed by atoms with E-state index < -0.39 is 45.4 Å². The largest absolute Gasteiger partial charge is 0.449 e. The molecule has 0 bridgehead atoms. The normalized spacial score (nSPS) is 13.0. The van der Waals surface area contributed by atoms with Crippen LogP contribution in [0.2, 0.25) is 5.02 Å². The molecular formula is C19H18ClF3N2O5S. The Balaban J connectivity index is 2.19. The summed E-state index contributed by atoms with van der Waals surface area (Å²) in [4.78, 5) is 24.3. The van der Waals surface area contributed by atoms with E-state index in [4.69, 9.17) is 16.3 Å². The minimum atomic E-state index is -4.69. The number of nitrogens with zero attached hydrogens (tertiary/aromatic N) is 1. The molecule has 0 heterocycles. The average Bonchev–Trinajstić information content (AvgIpc) is 2.67. The van der Waals surface area contributed by atoms with Crippen LogP contribution in [0.4, 0.5) is 18.9 Å². The lowest BCUT2D eigenvalue weighted by molar-refractivity contribution is -0.137. The molecular weight excluding hydrogens is 461 g/mol. The number of benzene rings is 2. The predicted octanol–water partition coefficient (Wildman–Crippen LogP) is 3.79. The third kappa shape index (κ3) is 5.75. The molecule has 7 nitrogen and oxygen atoms in total. The van der Waals surface area contributed by atoms with E-state index in [2.05, 4.69) is 5.32 Å². The molecule has 1 atom stereocenters. The summed E-state index contributed by atoms with van der Waals surface area (Å²) in [6.07, 6.45) is -6.17. The maximum Gasteiger partial charge on any atom is 0.418 e. The Kier molecular flexibility index (Phi) is 7.35. The molecule has 0 radical (unpaired) electrons. The third-order valence-corrected chi connectivity index (χ3v) is 6.37. The lowest BCUT2D eigenvalue weighted by atomic mass is 10.1. The summed E-state index contributed by atoms with van der Waals surface area (Å²) in [6, 6.07) is 7.70. The summed E-state index contributed by atoms with van der Waals surface area (Å²) >= 11 is 5.91. The van der Waals surface area contributed by atoms with Crippen molar-refractivity contribution in [3.63, 3.8) is 0 Å². The second-order valence-electron chi connectivity index (χ2n) is 6.51. The Bertz CT molecular complexity index is 1100.